The molecule has 2 rings (SSSR count). The number of likely N-dealkylation sites (N-methyl/N-ethyl adjacent to an activating group) is 1. The monoisotopic (exact) mass is 369 g/mol. The van der Waals surface area contributed by atoms with Gasteiger partial charge < -0.3 is 14.6 Å². The topological polar surface area (TPSA) is 30.5 Å². The Balaban J connectivity index is 2.33. The second-order valence-electron chi connectivity index (χ2n) is 6.54. The summed E-state index contributed by atoms with van der Waals surface area (Å²) in [5, 5.41) is 3.12. The van der Waals surface area contributed by atoms with Crippen LogP contribution in [0.25, 0.3) is 6.08 Å². The first-order chi connectivity index (χ1) is 10.1. The molecule has 0 atom stereocenters. The van der Waals surface area contributed by atoms with Gasteiger partial charge in [0.05, 0.1) is 11.2 Å². The molecule has 1 aliphatic rings. The molecular weight excluding hydrogens is 348 g/mol. The third kappa shape index (κ3) is 3.80. The first-order valence-corrected chi connectivity index (χ1v) is 8.11. The van der Waals surface area contributed by atoms with Crippen LogP contribution in [0, 0.1) is 5.82 Å². The number of rotatable bonds is 4. The highest BCUT2D eigenvalue weighted by atomic mass is 79.9. The van der Waals surface area contributed by atoms with Crippen LogP contribution in [0.3, 0.4) is 0 Å². The van der Waals surface area contributed by atoms with Crippen LogP contribution in [0.1, 0.15) is 33.3 Å². The Labute approximate surface area is 140 Å². The minimum Gasteiger partial charge on any atom is -0.400 e. The molecule has 3 nitrogen and oxygen atoms in total. The summed E-state index contributed by atoms with van der Waals surface area (Å²) in [6.07, 6.45) is 1.91. The molecule has 0 aliphatic carbocycles. The van der Waals surface area contributed by atoms with Crippen molar-refractivity contribution in [2.75, 3.05) is 13.6 Å². The summed E-state index contributed by atoms with van der Waals surface area (Å²) in [5.41, 5.74) is 0.908. The fourth-order valence-electron chi connectivity index (χ4n) is 2.27. The van der Waals surface area contributed by atoms with Crippen LogP contribution in [-0.4, -0.2) is 31.9 Å². The van der Waals surface area contributed by atoms with E-state index in [0.717, 1.165) is 11.0 Å². The van der Waals surface area contributed by atoms with Gasteiger partial charge in [0.25, 0.3) is 0 Å². The normalized spacial score (nSPS) is 20.5. The zero-order valence-corrected chi connectivity index (χ0v) is 15.3. The van der Waals surface area contributed by atoms with Gasteiger partial charge in [-0.05, 0) is 64.0 Å². The molecule has 0 saturated carbocycles. The molecule has 0 unspecified atom stereocenters. The van der Waals surface area contributed by atoms with Crippen molar-refractivity contribution < 1.29 is 13.7 Å². The van der Waals surface area contributed by atoms with Crippen molar-refractivity contribution in [2.24, 2.45) is 0 Å². The van der Waals surface area contributed by atoms with Crippen molar-refractivity contribution in [3.63, 3.8) is 0 Å². The molecule has 1 fully saturated rings. The summed E-state index contributed by atoms with van der Waals surface area (Å²) in [6.45, 7) is 8.67. The van der Waals surface area contributed by atoms with Gasteiger partial charge in [-0.15, -0.1) is 0 Å². The van der Waals surface area contributed by atoms with E-state index in [4.69, 9.17) is 9.31 Å². The molecule has 1 heterocycles. The Morgan fingerprint density at radius 2 is 1.82 bits per heavy atom. The third-order valence-corrected chi connectivity index (χ3v) is 4.63. The van der Waals surface area contributed by atoms with Gasteiger partial charge in [-0.3, -0.25) is 0 Å². The van der Waals surface area contributed by atoms with Gasteiger partial charge in [-0.25, -0.2) is 4.39 Å². The Kier molecular flexibility index (Phi) is 5.17. The fraction of sp³-hybridized carbons (Fsp3) is 0.500. The summed E-state index contributed by atoms with van der Waals surface area (Å²) < 4.78 is 26.4. The van der Waals surface area contributed by atoms with E-state index in [0.29, 0.717) is 11.0 Å². The molecule has 0 bridgehead atoms. The molecule has 0 radical (unpaired) electrons. The molecule has 0 spiro atoms. The average Bonchev–Trinajstić information content (AvgIpc) is 2.56. The van der Waals surface area contributed by atoms with Crippen molar-refractivity contribution >= 4 is 29.1 Å². The lowest BCUT2D eigenvalue weighted by atomic mass is 9.77. The molecule has 1 aliphatic heterocycles. The van der Waals surface area contributed by atoms with Crippen LogP contribution in [0.5, 0.6) is 0 Å². The summed E-state index contributed by atoms with van der Waals surface area (Å²) in [7, 11) is 1.42. The van der Waals surface area contributed by atoms with Crippen LogP contribution >= 0.6 is 15.9 Å². The van der Waals surface area contributed by atoms with Crippen LogP contribution in [0.2, 0.25) is 0 Å². The molecule has 22 heavy (non-hydrogen) atoms. The number of nitrogens with one attached hydrogen (secondary N) is 1. The van der Waals surface area contributed by atoms with Crippen molar-refractivity contribution in [1.82, 2.24) is 5.32 Å². The van der Waals surface area contributed by atoms with Crippen molar-refractivity contribution in [2.45, 2.75) is 38.9 Å². The minimum absolute atomic E-state index is 0.279. The van der Waals surface area contributed by atoms with Crippen LogP contribution in [0.4, 0.5) is 4.39 Å². The molecule has 6 heteroatoms. The quantitative estimate of drug-likeness (QED) is 0.818. The van der Waals surface area contributed by atoms with E-state index < -0.39 is 18.3 Å². The number of hydrogen-bond donors (Lipinski definition) is 1. The highest BCUT2D eigenvalue weighted by molar-refractivity contribution is 9.10. The molecule has 0 amide bonds. The lowest BCUT2D eigenvalue weighted by Crippen LogP contribution is -2.41. The van der Waals surface area contributed by atoms with Gasteiger partial charge >= 0.3 is 7.12 Å². The lowest BCUT2D eigenvalue weighted by Gasteiger charge is -2.32. The maximum atomic E-state index is 13.6. The Morgan fingerprint density at radius 3 is 2.32 bits per heavy atom. The maximum absolute atomic E-state index is 13.6. The highest BCUT2D eigenvalue weighted by Gasteiger charge is 2.52. The van der Waals surface area contributed by atoms with E-state index in [2.05, 4.69) is 21.2 Å². The van der Waals surface area contributed by atoms with Gasteiger partial charge in [0.15, 0.2) is 0 Å². The smallest absolute Gasteiger partial charge is 0.400 e. The predicted octanol–water partition coefficient (Wildman–Crippen LogP) is 3.82. The molecule has 1 saturated heterocycles. The lowest BCUT2D eigenvalue weighted by molar-refractivity contribution is 0.00578. The molecule has 1 aromatic rings. The van der Waals surface area contributed by atoms with Crippen molar-refractivity contribution in [3.05, 3.63) is 39.5 Å². The van der Waals surface area contributed by atoms with Gasteiger partial charge in [0, 0.05) is 11.0 Å². The SMILES string of the molecule is CNCC(=Cc1cc(F)cc(Br)c1)B1OC(C)(C)C(C)(C)O1. The van der Waals surface area contributed by atoms with Gasteiger partial charge in [0.2, 0.25) is 0 Å². The van der Waals surface area contributed by atoms with E-state index in [1.807, 2.05) is 46.9 Å². The van der Waals surface area contributed by atoms with Crippen molar-refractivity contribution in [3.8, 4) is 0 Å². The number of hydrogen-bond acceptors (Lipinski definition) is 3. The number of benzene rings is 1. The fourth-order valence-corrected chi connectivity index (χ4v) is 2.76. The molecule has 1 aromatic carbocycles. The molecule has 120 valence electrons. The second-order valence-corrected chi connectivity index (χ2v) is 7.46. The summed E-state index contributed by atoms with van der Waals surface area (Å²) in [6, 6.07) is 4.79. The van der Waals surface area contributed by atoms with E-state index in [9.17, 15) is 4.39 Å². The molecular formula is C16H22BBrFNO2. The van der Waals surface area contributed by atoms with Crippen LogP contribution < -0.4 is 5.32 Å². The minimum atomic E-state index is -0.445. The van der Waals surface area contributed by atoms with E-state index in [-0.39, 0.29) is 5.82 Å². The summed E-state index contributed by atoms with van der Waals surface area (Å²) >= 11 is 3.31. The van der Waals surface area contributed by atoms with Gasteiger partial charge in [0.1, 0.15) is 5.82 Å². The standard InChI is InChI=1S/C16H22BBrFNO2/c1-15(2)16(3,4)22-17(21-15)12(10-20-5)6-11-7-13(18)9-14(19)8-11/h6-9,20H,10H2,1-5H3. The highest BCUT2D eigenvalue weighted by Crippen LogP contribution is 2.38. The first kappa shape index (κ1) is 17.7. The predicted molar refractivity (Wildman–Crippen MR) is 92.1 cm³/mol. The first-order valence-electron chi connectivity index (χ1n) is 7.31. The largest absolute Gasteiger partial charge is 0.491 e. The second kappa shape index (κ2) is 6.44. The van der Waals surface area contributed by atoms with Gasteiger partial charge in [-0.2, -0.15) is 0 Å². The number of halogens is 2. The summed E-state index contributed by atoms with van der Waals surface area (Å²) in [5.74, 6) is -0.279. The zero-order chi connectivity index (χ0) is 16.5. The molecule has 0 aromatic heterocycles. The maximum Gasteiger partial charge on any atom is 0.491 e. The molecule has 1 N–H and O–H groups in total. The average molecular weight is 370 g/mol. The van der Waals surface area contributed by atoms with Crippen LogP contribution in [0.15, 0.2) is 28.1 Å². The van der Waals surface area contributed by atoms with E-state index >= 15 is 0 Å². The third-order valence-electron chi connectivity index (χ3n) is 4.17. The van der Waals surface area contributed by atoms with Crippen molar-refractivity contribution in [1.29, 1.82) is 0 Å². The Morgan fingerprint density at radius 1 is 1.23 bits per heavy atom. The van der Waals surface area contributed by atoms with Gasteiger partial charge in [-0.1, -0.05) is 22.0 Å². The zero-order valence-electron chi connectivity index (χ0n) is 13.7. The van der Waals surface area contributed by atoms with Crippen LogP contribution in [-0.2, 0) is 9.31 Å². The Bertz CT molecular complexity index is 553. The van der Waals surface area contributed by atoms with E-state index in [1.165, 1.54) is 12.1 Å². The summed E-state index contributed by atoms with van der Waals surface area (Å²) in [4.78, 5) is 0. The van der Waals surface area contributed by atoms with E-state index in [1.54, 1.807) is 0 Å². The Hall–Kier alpha value is -0.685.